The molecule has 1 unspecified atom stereocenters. The van der Waals surface area contributed by atoms with Crippen molar-refractivity contribution in [3.8, 4) is 0 Å². The molecule has 5 nitrogen and oxygen atoms in total. The number of halogens is 2. The third-order valence-corrected chi connectivity index (χ3v) is 4.35. The first-order chi connectivity index (χ1) is 11.5. The highest BCUT2D eigenvalue weighted by atomic mass is 19.2. The number of methoxy groups -OCH3 is 1. The van der Waals surface area contributed by atoms with Crippen LogP contribution in [0.3, 0.4) is 0 Å². The number of carbonyl (C=O) groups excluding carboxylic acids is 1. The summed E-state index contributed by atoms with van der Waals surface area (Å²) in [7, 11) is 1.54. The van der Waals surface area contributed by atoms with Crippen LogP contribution in [0.25, 0.3) is 0 Å². The average molecular weight is 341 g/mol. The highest BCUT2D eigenvalue weighted by molar-refractivity contribution is 5.76. The van der Waals surface area contributed by atoms with Gasteiger partial charge in [-0.3, -0.25) is 9.69 Å². The van der Waals surface area contributed by atoms with Gasteiger partial charge in [0.15, 0.2) is 11.6 Å². The van der Waals surface area contributed by atoms with Gasteiger partial charge in [0.25, 0.3) is 0 Å². The Hall–Kier alpha value is -1.57. The zero-order valence-corrected chi connectivity index (χ0v) is 13.9. The minimum atomic E-state index is -0.827. The highest BCUT2D eigenvalue weighted by Crippen LogP contribution is 2.16. The summed E-state index contributed by atoms with van der Waals surface area (Å²) in [6.45, 7) is 2.50. The molecule has 0 aromatic heterocycles. The Morgan fingerprint density at radius 3 is 2.67 bits per heavy atom. The van der Waals surface area contributed by atoms with E-state index < -0.39 is 11.6 Å². The molecule has 0 saturated carbocycles. The second-order valence-corrected chi connectivity index (χ2v) is 6.16. The van der Waals surface area contributed by atoms with Crippen molar-refractivity contribution in [1.29, 1.82) is 0 Å². The summed E-state index contributed by atoms with van der Waals surface area (Å²) in [6.07, 6.45) is 1.67. The zero-order valence-electron chi connectivity index (χ0n) is 13.9. The van der Waals surface area contributed by atoms with Crippen molar-refractivity contribution in [2.75, 3.05) is 26.7 Å². The molecule has 134 valence electrons. The number of benzene rings is 1. The lowest BCUT2D eigenvalue weighted by Gasteiger charge is -2.32. The monoisotopic (exact) mass is 341 g/mol. The van der Waals surface area contributed by atoms with E-state index in [0.29, 0.717) is 13.1 Å². The quantitative estimate of drug-likeness (QED) is 0.787. The summed E-state index contributed by atoms with van der Waals surface area (Å²) in [5, 5.41) is 3.01. The topological polar surface area (TPSA) is 67.6 Å². The van der Waals surface area contributed by atoms with Crippen molar-refractivity contribution in [2.45, 2.75) is 38.0 Å². The lowest BCUT2D eigenvalue weighted by atomic mass is 10.0. The summed E-state index contributed by atoms with van der Waals surface area (Å²) in [5.41, 5.74) is 6.27. The van der Waals surface area contributed by atoms with E-state index in [0.717, 1.165) is 37.6 Å². The van der Waals surface area contributed by atoms with Crippen molar-refractivity contribution >= 4 is 5.91 Å². The van der Waals surface area contributed by atoms with Gasteiger partial charge >= 0.3 is 0 Å². The lowest BCUT2D eigenvalue weighted by molar-refractivity contribution is -0.124. The number of carbonyl (C=O) groups is 1. The highest BCUT2D eigenvalue weighted by Gasteiger charge is 2.22. The van der Waals surface area contributed by atoms with Gasteiger partial charge in [0.1, 0.15) is 0 Å². The Bertz CT molecular complexity index is 545. The second-order valence-electron chi connectivity index (χ2n) is 6.16. The molecule has 0 bridgehead atoms. The molecule has 1 heterocycles. The number of rotatable bonds is 7. The number of nitrogens with zero attached hydrogens (tertiary/aromatic N) is 1. The van der Waals surface area contributed by atoms with Gasteiger partial charge in [-0.1, -0.05) is 6.07 Å². The summed E-state index contributed by atoms with van der Waals surface area (Å²) in [5.74, 6) is -1.69. The first kappa shape index (κ1) is 18.8. The molecule has 24 heavy (non-hydrogen) atoms. The third-order valence-electron chi connectivity index (χ3n) is 4.35. The molecule has 0 spiro atoms. The first-order valence-corrected chi connectivity index (χ1v) is 8.20. The number of likely N-dealkylation sites (tertiary alicyclic amines) is 1. The second kappa shape index (κ2) is 9.05. The maximum Gasteiger partial charge on any atom is 0.222 e. The van der Waals surface area contributed by atoms with E-state index >= 15 is 0 Å². The van der Waals surface area contributed by atoms with Gasteiger partial charge in [0.2, 0.25) is 5.91 Å². The minimum absolute atomic E-state index is 0.0497. The molecule has 0 aliphatic carbocycles. The van der Waals surface area contributed by atoms with Crippen LogP contribution >= 0.6 is 0 Å². The molecule has 1 amide bonds. The summed E-state index contributed by atoms with van der Waals surface area (Å²) < 4.78 is 31.3. The normalized spacial score (nSPS) is 17.7. The molecule has 1 atom stereocenters. The van der Waals surface area contributed by atoms with Gasteiger partial charge in [0.05, 0.1) is 12.5 Å². The molecule has 1 aliphatic rings. The van der Waals surface area contributed by atoms with Crippen LogP contribution in [0.15, 0.2) is 18.2 Å². The smallest absolute Gasteiger partial charge is 0.222 e. The van der Waals surface area contributed by atoms with Crippen molar-refractivity contribution in [3.63, 3.8) is 0 Å². The van der Waals surface area contributed by atoms with Crippen LogP contribution < -0.4 is 11.1 Å². The van der Waals surface area contributed by atoms with Crippen LogP contribution in [0, 0.1) is 11.6 Å². The van der Waals surface area contributed by atoms with Gasteiger partial charge in [-0.2, -0.15) is 0 Å². The molecular weight excluding hydrogens is 316 g/mol. The number of nitrogens with two attached hydrogens (primary N) is 1. The molecule has 3 N–H and O–H groups in total. The molecular formula is C17H25F2N3O2. The maximum absolute atomic E-state index is 13.2. The maximum atomic E-state index is 13.2. The van der Waals surface area contributed by atoms with Crippen LogP contribution in [-0.2, 0) is 16.1 Å². The molecule has 1 fully saturated rings. The molecule has 1 aliphatic heterocycles. The summed E-state index contributed by atoms with van der Waals surface area (Å²) >= 11 is 0. The number of hydrogen-bond donors (Lipinski definition) is 2. The Labute approximate surface area is 141 Å². The summed E-state index contributed by atoms with van der Waals surface area (Å²) in [6, 6.07) is 4.13. The fourth-order valence-corrected chi connectivity index (χ4v) is 2.89. The number of amides is 1. The van der Waals surface area contributed by atoms with Crippen LogP contribution in [0.2, 0.25) is 0 Å². The fourth-order valence-electron chi connectivity index (χ4n) is 2.89. The SMILES string of the molecule is COC(CN)CC(=O)NC1CCN(Cc2ccc(F)c(F)c2)CC1. The summed E-state index contributed by atoms with van der Waals surface area (Å²) in [4.78, 5) is 14.1. The van der Waals surface area contributed by atoms with E-state index in [1.807, 2.05) is 0 Å². The van der Waals surface area contributed by atoms with Gasteiger partial charge in [-0.25, -0.2) is 8.78 Å². The van der Waals surface area contributed by atoms with Crippen molar-refractivity contribution < 1.29 is 18.3 Å². The molecule has 7 heteroatoms. The molecule has 1 saturated heterocycles. The molecule has 2 rings (SSSR count). The molecule has 1 aromatic carbocycles. The van der Waals surface area contributed by atoms with Gasteiger partial charge in [0, 0.05) is 39.3 Å². The number of ether oxygens (including phenoxy) is 1. The van der Waals surface area contributed by atoms with Crippen LogP contribution in [-0.4, -0.2) is 49.7 Å². The predicted molar refractivity (Wildman–Crippen MR) is 87.3 cm³/mol. The number of hydrogen-bond acceptors (Lipinski definition) is 4. The van der Waals surface area contributed by atoms with Crippen molar-refractivity contribution in [2.24, 2.45) is 5.73 Å². The van der Waals surface area contributed by atoms with E-state index in [1.165, 1.54) is 6.07 Å². The minimum Gasteiger partial charge on any atom is -0.380 e. The fraction of sp³-hybridized carbons (Fsp3) is 0.588. The zero-order chi connectivity index (χ0) is 17.5. The van der Waals surface area contributed by atoms with E-state index in [2.05, 4.69) is 10.2 Å². The third kappa shape index (κ3) is 5.51. The Balaban J connectivity index is 1.74. The Morgan fingerprint density at radius 1 is 1.38 bits per heavy atom. The van der Waals surface area contributed by atoms with Gasteiger partial charge < -0.3 is 15.8 Å². The van der Waals surface area contributed by atoms with E-state index in [-0.39, 0.29) is 24.5 Å². The van der Waals surface area contributed by atoms with Gasteiger partial charge in [-0.05, 0) is 30.5 Å². The lowest BCUT2D eigenvalue weighted by Crippen LogP contribution is -2.45. The average Bonchev–Trinajstić information content (AvgIpc) is 2.58. The van der Waals surface area contributed by atoms with Crippen LogP contribution in [0.4, 0.5) is 8.78 Å². The van der Waals surface area contributed by atoms with E-state index in [9.17, 15) is 13.6 Å². The Kier molecular flexibility index (Phi) is 7.08. The van der Waals surface area contributed by atoms with Crippen LogP contribution in [0.1, 0.15) is 24.8 Å². The van der Waals surface area contributed by atoms with Gasteiger partial charge in [-0.15, -0.1) is 0 Å². The number of piperidine rings is 1. The van der Waals surface area contributed by atoms with E-state index in [1.54, 1.807) is 13.2 Å². The van der Waals surface area contributed by atoms with Crippen molar-refractivity contribution in [1.82, 2.24) is 10.2 Å². The number of nitrogens with one attached hydrogen (secondary N) is 1. The van der Waals surface area contributed by atoms with Crippen LogP contribution in [0.5, 0.6) is 0 Å². The standard InChI is InChI=1S/C17H25F2N3O2/c1-24-14(10-20)9-17(23)21-13-4-6-22(7-5-13)11-12-2-3-15(18)16(19)8-12/h2-3,8,13-14H,4-7,9-11,20H2,1H3,(H,21,23). The first-order valence-electron chi connectivity index (χ1n) is 8.20. The predicted octanol–water partition coefficient (Wildman–Crippen LogP) is 1.41. The van der Waals surface area contributed by atoms with Crippen molar-refractivity contribution in [3.05, 3.63) is 35.4 Å². The largest absolute Gasteiger partial charge is 0.380 e. The molecule has 1 aromatic rings. The Morgan fingerprint density at radius 2 is 2.08 bits per heavy atom. The van der Waals surface area contributed by atoms with E-state index in [4.69, 9.17) is 10.5 Å². The molecule has 0 radical (unpaired) electrons.